The van der Waals surface area contributed by atoms with Crippen molar-refractivity contribution in [3.63, 3.8) is 0 Å². The summed E-state index contributed by atoms with van der Waals surface area (Å²) in [6, 6.07) is 1.98. The van der Waals surface area contributed by atoms with Crippen molar-refractivity contribution in [2.75, 3.05) is 0 Å². The van der Waals surface area contributed by atoms with Crippen LogP contribution in [0, 0.1) is 11.3 Å². The highest BCUT2D eigenvalue weighted by Gasteiger charge is 2.13. The smallest absolute Gasteiger partial charge is 0.266 e. The van der Waals surface area contributed by atoms with Crippen molar-refractivity contribution in [2.24, 2.45) is 0 Å². The number of nitrogens with one attached hydrogen (secondary N) is 1. The molecule has 74 valence electrons. The normalized spacial score (nSPS) is 10.2. The molecule has 1 N–H and O–H groups in total. The van der Waals surface area contributed by atoms with Gasteiger partial charge < -0.3 is 4.98 Å². The summed E-state index contributed by atoms with van der Waals surface area (Å²) in [5, 5.41) is 8.90. The minimum absolute atomic E-state index is 0.210. The largest absolute Gasteiger partial charge is 0.328 e. The molecule has 0 atom stereocenters. The molecule has 0 aliphatic rings. The van der Waals surface area contributed by atoms with Crippen LogP contribution >= 0.6 is 0 Å². The fraction of sp³-hybridized carbons (Fsp3) is 0.455. The molecule has 0 fully saturated rings. The Kier molecular flexibility index (Phi) is 3.08. The van der Waals surface area contributed by atoms with E-state index in [-0.39, 0.29) is 17.0 Å². The van der Waals surface area contributed by atoms with Crippen LogP contribution in [0.4, 0.5) is 0 Å². The van der Waals surface area contributed by atoms with Gasteiger partial charge in [0, 0.05) is 6.20 Å². The van der Waals surface area contributed by atoms with Crippen LogP contribution in [0.1, 0.15) is 43.4 Å². The zero-order valence-corrected chi connectivity index (χ0v) is 8.72. The van der Waals surface area contributed by atoms with Crippen molar-refractivity contribution in [2.45, 2.75) is 33.1 Å². The second kappa shape index (κ2) is 4.10. The third kappa shape index (κ3) is 1.69. The van der Waals surface area contributed by atoms with Gasteiger partial charge in [0.05, 0.1) is 0 Å². The lowest BCUT2D eigenvalue weighted by Gasteiger charge is -2.11. The monoisotopic (exact) mass is 190 g/mol. The van der Waals surface area contributed by atoms with Crippen molar-refractivity contribution >= 4 is 0 Å². The molecule has 0 amide bonds. The minimum Gasteiger partial charge on any atom is -0.328 e. The van der Waals surface area contributed by atoms with Crippen molar-refractivity contribution in [1.29, 1.82) is 5.26 Å². The van der Waals surface area contributed by atoms with E-state index in [0.717, 1.165) is 17.5 Å². The molecule has 1 aromatic rings. The van der Waals surface area contributed by atoms with Gasteiger partial charge in [-0.2, -0.15) is 5.26 Å². The first-order valence-corrected chi connectivity index (χ1v) is 4.76. The fourth-order valence-electron chi connectivity index (χ4n) is 1.65. The lowest BCUT2D eigenvalue weighted by atomic mass is 9.93. The van der Waals surface area contributed by atoms with E-state index in [1.54, 1.807) is 6.20 Å². The quantitative estimate of drug-likeness (QED) is 0.774. The molecular weight excluding hydrogens is 176 g/mol. The Morgan fingerprint density at radius 2 is 2.21 bits per heavy atom. The molecule has 0 radical (unpaired) electrons. The predicted molar refractivity (Wildman–Crippen MR) is 55.2 cm³/mol. The second-order valence-electron chi connectivity index (χ2n) is 3.55. The summed E-state index contributed by atoms with van der Waals surface area (Å²) in [7, 11) is 0. The maximum Gasteiger partial charge on any atom is 0.266 e. The third-order valence-corrected chi connectivity index (χ3v) is 2.29. The summed E-state index contributed by atoms with van der Waals surface area (Å²) in [5.74, 6) is 0.210. The second-order valence-corrected chi connectivity index (χ2v) is 3.55. The first-order valence-electron chi connectivity index (χ1n) is 4.76. The van der Waals surface area contributed by atoms with Crippen molar-refractivity contribution < 1.29 is 0 Å². The molecule has 0 bridgehead atoms. The highest BCUT2D eigenvalue weighted by Crippen LogP contribution is 2.20. The number of nitrogens with zero attached hydrogens (tertiary/aromatic N) is 1. The summed E-state index contributed by atoms with van der Waals surface area (Å²) in [6.07, 6.45) is 2.54. The zero-order valence-electron chi connectivity index (χ0n) is 8.72. The van der Waals surface area contributed by atoms with Gasteiger partial charge in [-0.25, -0.2) is 0 Å². The SMILES string of the molecule is CCc1c[nH]c(=O)c(C#N)c1C(C)C. The lowest BCUT2D eigenvalue weighted by Crippen LogP contribution is -2.15. The van der Waals surface area contributed by atoms with Crippen LogP contribution in [-0.2, 0) is 6.42 Å². The number of hydrogen-bond donors (Lipinski definition) is 1. The number of rotatable bonds is 2. The van der Waals surface area contributed by atoms with E-state index >= 15 is 0 Å². The number of aromatic nitrogens is 1. The van der Waals surface area contributed by atoms with E-state index in [4.69, 9.17) is 5.26 Å². The molecule has 0 aromatic carbocycles. The van der Waals surface area contributed by atoms with Gasteiger partial charge in [0.25, 0.3) is 5.56 Å². The molecule has 1 heterocycles. The summed E-state index contributed by atoms with van der Waals surface area (Å²) >= 11 is 0. The molecule has 0 unspecified atom stereocenters. The van der Waals surface area contributed by atoms with Gasteiger partial charge in [0.15, 0.2) is 0 Å². The van der Waals surface area contributed by atoms with Crippen LogP contribution in [0.25, 0.3) is 0 Å². The minimum atomic E-state index is -0.284. The molecule has 0 saturated carbocycles. The molecule has 0 spiro atoms. The molecule has 0 aliphatic heterocycles. The average molecular weight is 190 g/mol. The fourth-order valence-corrected chi connectivity index (χ4v) is 1.65. The van der Waals surface area contributed by atoms with Gasteiger partial charge in [0.2, 0.25) is 0 Å². The van der Waals surface area contributed by atoms with Gasteiger partial charge in [-0.1, -0.05) is 20.8 Å². The Labute approximate surface area is 83.4 Å². The molecule has 0 saturated heterocycles. The molecule has 3 heteroatoms. The van der Waals surface area contributed by atoms with Crippen molar-refractivity contribution in [1.82, 2.24) is 4.98 Å². The van der Waals surface area contributed by atoms with Crippen molar-refractivity contribution in [3.8, 4) is 6.07 Å². The summed E-state index contributed by atoms with van der Waals surface area (Å²) in [4.78, 5) is 14.0. The Morgan fingerprint density at radius 1 is 1.57 bits per heavy atom. The first-order chi connectivity index (χ1) is 6.61. The van der Waals surface area contributed by atoms with Gasteiger partial charge >= 0.3 is 0 Å². The van der Waals surface area contributed by atoms with Crippen LogP contribution in [0.2, 0.25) is 0 Å². The van der Waals surface area contributed by atoms with E-state index in [2.05, 4.69) is 4.98 Å². The topological polar surface area (TPSA) is 56.6 Å². The van der Waals surface area contributed by atoms with Crippen LogP contribution in [0.15, 0.2) is 11.0 Å². The molecule has 0 aliphatic carbocycles. The molecule has 1 rings (SSSR count). The highest BCUT2D eigenvalue weighted by atomic mass is 16.1. The van der Waals surface area contributed by atoms with E-state index in [9.17, 15) is 4.79 Å². The van der Waals surface area contributed by atoms with Crippen LogP contribution in [-0.4, -0.2) is 4.98 Å². The maximum atomic E-state index is 11.4. The number of H-pyrrole nitrogens is 1. The standard InChI is InChI=1S/C11H14N2O/c1-4-8-6-13-11(14)9(5-12)10(8)7(2)3/h6-7H,4H2,1-3H3,(H,13,14). The number of aryl methyl sites for hydroxylation is 1. The summed E-state index contributed by atoms with van der Waals surface area (Å²) in [5.41, 5.74) is 1.92. The van der Waals surface area contributed by atoms with Gasteiger partial charge in [-0.05, 0) is 23.5 Å². The van der Waals surface area contributed by atoms with Crippen molar-refractivity contribution in [3.05, 3.63) is 33.2 Å². The zero-order chi connectivity index (χ0) is 10.7. The van der Waals surface area contributed by atoms with Crippen LogP contribution in [0.3, 0.4) is 0 Å². The number of pyridine rings is 1. The van der Waals surface area contributed by atoms with Crippen LogP contribution in [0.5, 0.6) is 0 Å². The number of aromatic amines is 1. The molecule has 3 nitrogen and oxygen atoms in total. The van der Waals surface area contributed by atoms with E-state index in [1.807, 2.05) is 26.8 Å². The maximum absolute atomic E-state index is 11.4. The highest BCUT2D eigenvalue weighted by molar-refractivity contribution is 5.42. The van der Waals surface area contributed by atoms with Gasteiger partial charge in [-0.3, -0.25) is 4.79 Å². The van der Waals surface area contributed by atoms with E-state index < -0.39 is 0 Å². The Hall–Kier alpha value is -1.56. The van der Waals surface area contributed by atoms with E-state index in [0.29, 0.717) is 0 Å². The van der Waals surface area contributed by atoms with Gasteiger partial charge in [-0.15, -0.1) is 0 Å². The molecule has 1 aromatic heterocycles. The Balaban J connectivity index is 3.54. The van der Waals surface area contributed by atoms with E-state index in [1.165, 1.54) is 0 Å². The van der Waals surface area contributed by atoms with Crippen LogP contribution < -0.4 is 5.56 Å². The number of nitriles is 1. The lowest BCUT2D eigenvalue weighted by molar-refractivity contribution is 0.829. The Morgan fingerprint density at radius 3 is 2.64 bits per heavy atom. The predicted octanol–water partition coefficient (Wildman–Crippen LogP) is 1.93. The summed E-state index contributed by atoms with van der Waals surface area (Å²) in [6.45, 7) is 6.00. The summed E-state index contributed by atoms with van der Waals surface area (Å²) < 4.78 is 0. The number of hydrogen-bond acceptors (Lipinski definition) is 2. The average Bonchev–Trinajstić information content (AvgIpc) is 2.17. The molecule has 14 heavy (non-hydrogen) atoms. The Bertz CT molecular complexity index is 424. The third-order valence-electron chi connectivity index (χ3n) is 2.29. The molecular formula is C11H14N2O. The van der Waals surface area contributed by atoms with Gasteiger partial charge in [0.1, 0.15) is 11.6 Å². The first kappa shape index (κ1) is 10.5.